The highest BCUT2D eigenvalue weighted by Crippen LogP contribution is 2.23. The van der Waals surface area contributed by atoms with Crippen LogP contribution in [0, 0.1) is 5.82 Å². The molecule has 0 atom stereocenters. The monoisotopic (exact) mass is 341 g/mol. The third-order valence-corrected chi connectivity index (χ3v) is 3.59. The number of carbonyl (C=O) groups is 1. The third kappa shape index (κ3) is 3.89. The molecule has 7 heteroatoms. The highest BCUT2D eigenvalue weighted by atomic mass is 19.1. The quantitative estimate of drug-likeness (QED) is 0.668. The Morgan fingerprint density at radius 2 is 2.04 bits per heavy atom. The van der Waals surface area contributed by atoms with E-state index < -0.39 is 0 Å². The highest BCUT2D eigenvalue weighted by molar-refractivity contribution is 5.75. The molecule has 0 aliphatic carbocycles. The number of hydrogen-bond donors (Lipinski definition) is 1. The summed E-state index contributed by atoms with van der Waals surface area (Å²) in [6, 6.07) is 9.17. The molecule has 1 aromatic carbocycles. The SMILES string of the molecule is O=Cc1ccnc(-n2ncc(CCO)c2OCc2ccc(F)cc2)c1. The van der Waals surface area contributed by atoms with Crippen LogP contribution < -0.4 is 4.74 Å². The lowest BCUT2D eigenvalue weighted by Crippen LogP contribution is -2.07. The second-order valence-corrected chi connectivity index (χ2v) is 5.34. The molecule has 0 saturated heterocycles. The number of aliphatic hydroxyl groups is 1. The summed E-state index contributed by atoms with van der Waals surface area (Å²) < 4.78 is 20.3. The first-order valence-corrected chi connectivity index (χ1v) is 7.68. The number of aliphatic hydroxyl groups excluding tert-OH is 1. The van der Waals surface area contributed by atoms with E-state index >= 15 is 0 Å². The standard InChI is InChI=1S/C18H16FN3O3/c19-16-3-1-13(2-4-16)12-25-18-15(6-8-23)10-21-22(18)17-9-14(11-24)5-7-20-17/h1-5,7,9-11,23H,6,8,12H2. The van der Waals surface area contributed by atoms with Crippen LogP contribution in [0.15, 0.2) is 48.8 Å². The normalized spacial score (nSPS) is 10.6. The van der Waals surface area contributed by atoms with Crippen LogP contribution >= 0.6 is 0 Å². The molecule has 6 nitrogen and oxygen atoms in total. The Hall–Kier alpha value is -3.06. The van der Waals surface area contributed by atoms with Crippen LogP contribution in [-0.4, -0.2) is 32.8 Å². The number of rotatable bonds is 7. The van der Waals surface area contributed by atoms with Gasteiger partial charge in [-0.3, -0.25) is 4.79 Å². The molecular weight excluding hydrogens is 325 g/mol. The fourth-order valence-corrected chi connectivity index (χ4v) is 2.34. The van der Waals surface area contributed by atoms with Crippen molar-refractivity contribution in [1.82, 2.24) is 14.8 Å². The number of nitrogens with zero attached hydrogens (tertiary/aromatic N) is 3. The van der Waals surface area contributed by atoms with Crippen molar-refractivity contribution in [1.29, 1.82) is 0 Å². The van der Waals surface area contributed by atoms with E-state index in [1.165, 1.54) is 23.0 Å². The minimum Gasteiger partial charge on any atom is -0.472 e. The van der Waals surface area contributed by atoms with E-state index in [0.717, 1.165) is 11.8 Å². The first-order chi connectivity index (χ1) is 12.2. The number of hydrogen-bond acceptors (Lipinski definition) is 5. The average molecular weight is 341 g/mol. The van der Waals surface area contributed by atoms with E-state index in [1.807, 2.05) is 0 Å². The van der Waals surface area contributed by atoms with Gasteiger partial charge in [0, 0.05) is 30.4 Å². The summed E-state index contributed by atoms with van der Waals surface area (Å²) >= 11 is 0. The zero-order valence-corrected chi connectivity index (χ0v) is 13.3. The molecule has 0 fully saturated rings. The summed E-state index contributed by atoms with van der Waals surface area (Å²) in [5.41, 5.74) is 1.97. The van der Waals surface area contributed by atoms with Crippen molar-refractivity contribution in [2.75, 3.05) is 6.61 Å². The molecule has 0 radical (unpaired) electrons. The average Bonchev–Trinajstić information content (AvgIpc) is 3.04. The van der Waals surface area contributed by atoms with Gasteiger partial charge in [0.05, 0.1) is 6.20 Å². The van der Waals surface area contributed by atoms with Crippen LogP contribution in [0.1, 0.15) is 21.5 Å². The van der Waals surface area contributed by atoms with Crippen molar-refractivity contribution < 1.29 is 19.0 Å². The molecule has 0 aliphatic heterocycles. The molecule has 0 unspecified atom stereocenters. The summed E-state index contributed by atoms with van der Waals surface area (Å²) in [5.74, 6) is 0.543. The predicted octanol–water partition coefficient (Wildman–Crippen LogP) is 2.33. The number of halogens is 1. The topological polar surface area (TPSA) is 77.2 Å². The van der Waals surface area contributed by atoms with Crippen molar-refractivity contribution in [2.45, 2.75) is 13.0 Å². The molecule has 128 valence electrons. The third-order valence-electron chi connectivity index (χ3n) is 3.59. The molecule has 0 aliphatic rings. The van der Waals surface area contributed by atoms with Gasteiger partial charge in [-0.1, -0.05) is 12.1 Å². The van der Waals surface area contributed by atoms with Crippen molar-refractivity contribution in [3.05, 3.63) is 71.3 Å². The van der Waals surface area contributed by atoms with Gasteiger partial charge in [-0.15, -0.1) is 0 Å². The lowest BCUT2D eigenvalue weighted by atomic mass is 10.2. The van der Waals surface area contributed by atoms with E-state index in [1.54, 1.807) is 30.5 Å². The minimum absolute atomic E-state index is 0.0552. The summed E-state index contributed by atoms with van der Waals surface area (Å²) in [4.78, 5) is 15.2. The van der Waals surface area contributed by atoms with Gasteiger partial charge in [0.2, 0.25) is 5.88 Å². The van der Waals surface area contributed by atoms with Crippen LogP contribution in [0.5, 0.6) is 5.88 Å². The molecule has 0 bridgehead atoms. The number of carbonyl (C=O) groups excluding carboxylic acids is 1. The van der Waals surface area contributed by atoms with Crippen LogP contribution in [0.2, 0.25) is 0 Å². The molecule has 25 heavy (non-hydrogen) atoms. The highest BCUT2D eigenvalue weighted by Gasteiger charge is 2.15. The summed E-state index contributed by atoms with van der Waals surface area (Å²) in [6.07, 6.45) is 4.19. The lowest BCUT2D eigenvalue weighted by Gasteiger charge is -2.11. The maximum absolute atomic E-state index is 13.0. The molecule has 3 aromatic rings. The number of pyridine rings is 1. The fourth-order valence-electron chi connectivity index (χ4n) is 2.34. The van der Waals surface area contributed by atoms with Crippen molar-refractivity contribution in [3.63, 3.8) is 0 Å². The maximum Gasteiger partial charge on any atom is 0.221 e. The Balaban J connectivity index is 1.90. The second kappa shape index (κ2) is 7.67. The number of benzene rings is 1. The zero-order chi connectivity index (χ0) is 17.6. The van der Waals surface area contributed by atoms with E-state index in [2.05, 4.69) is 10.1 Å². The Morgan fingerprint density at radius 3 is 2.76 bits per heavy atom. The van der Waals surface area contributed by atoms with Gasteiger partial charge in [0.15, 0.2) is 5.82 Å². The van der Waals surface area contributed by atoms with Crippen molar-refractivity contribution in [3.8, 4) is 11.7 Å². The largest absolute Gasteiger partial charge is 0.472 e. The predicted molar refractivity (Wildman–Crippen MR) is 88.3 cm³/mol. The molecule has 0 amide bonds. The van der Waals surface area contributed by atoms with Gasteiger partial charge in [0.1, 0.15) is 18.7 Å². The van der Waals surface area contributed by atoms with Crippen LogP contribution in [0.4, 0.5) is 4.39 Å². The molecular formula is C18H16FN3O3. The molecule has 1 N–H and O–H groups in total. The Bertz CT molecular complexity index is 862. The van der Waals surface area contributed by atoms with Gasteiger partial charge < -0.3 is 9.84 Å². The van der Waals surface area contributed by atoms with Gasteiger partial charge in [-0.25, -0.2) is 9.37 Å². The van der Waals surface area contributed by atoms with E-state index in [-0.39, 0.29) is 19.0 Å². The number of ether oxygens (including phenoxy) is 1. The van der Waals surface area contributed by atoms with Gasteiger partial charge >= 0.3 is 0 Å². The summed E-state index contributed by atoms with van der Waals surface area (Å²) in [6.45, 7) is 0.151. The Kier molecular flexibility index (Phi) is 5.15. The molecule has 3 rings (SSSR count). The lowest BCUT2D eigenvalue weighted by molar-refractivity contribution is 0.112. The minimum atomic E-state index is -0.315. The fraction of sp³-hybridized carbons (Fsp3) is 0.167. The van der Waals surface area contributed by atoms with Crippen molar-refractivity contribution in [2.24, 2.45) is 0 Å². The number of aldehydes is 1. The molecule has 0 saturated carbocycles. The van der Waals surface area contributed by atoms with Gasteiger partial charge in [-0.05, 0) is 29.8 Å². The van der Waals surface area contributed by atoms with Gasteiger partial charge in [0.25, 0.3) is 0 Å². The van der Waals surface area contributed by atoms with E-state index in [9.17, 15) is 14.3 Å². The van der Waals surface area contributed by atoms with Gasteiger partial charge in [-0.2, -0.15) is 9.78 Å². The zero-order valence-electron chi connectivity index (χ0n) is 13.3. The van der Waals surface area contributed by atoms with Crippen LogP contribution in [-0.2, 0) is 13.0 Å². The molecule has 2 aromatic heterocycles. The van der Waals surface area contributed by atoms with Crippen molar-refractivity contribution >= 4 is 6.29 Å². The van der Waals surface area contributed by atoms with Crippen LogP contribution in [0.3, 0.4) is 0 Å². The Labute approximate surface area is 143 Å². The maximum atomic E-state index is 13.0. The molecule has 2 heterocycles. The smallest absolute Gasteiger partial charge is 0.221 e. The summed E-state index contributed by atoms with van der Waals surface area (Å²) in [5, 5.41) is 13.5. The van der Waals surface area contributed by atoms with E-state index in [0.29, 0.717) is 29.2 Å². The first kappa shape index (κ1) is 16.8. The van der Waals surface area contributed by atoms with E-state index in [4.69, 9.17) is 4.74 Å². The summed E-state index contributed by atoms with van der Waals surface area (Å²) in [7, 11) is 0. The first-order valence-electron chi connectivity index (χ1n) is 7.68. The Morgan fingerprint density at radius 1 is 1.24 bits per heavy atom. The van der Waals surface area contributed by atoms with Crippen LogP contribution in [0.25, 0.3) is 5.82 Å². The molecule has 0 spiro atoms. The number of aromatic nitrogens is 3. The second-order valence-electron chi connectivity index (χ2n) is 5.34.